The van der Waals surface area contributed by atoms with Crippen LogP contribution in [0.2, 0.25) is 0 Å². The highest BCUT2D eigenvalue weighted by molar-refractivity contribution is 7.92. The number of unbranched alkanes of at least 4 members (excludes halogenated alkanes) is 3. The molecule has 5 heteroatoms. The standard InChI is InChI=1S/C66H50N2O2S/c1-2-3-4-5-13-42-14-12-15-43(32-42)47-25-30-65-59(39-47)60-40-48(26-31-66(60)71(65,69)70)44-22-23-45-34-51-37-52-38-53(27-24-46(52)35-50(51)36-49(45)33-44)67-63-21-11-8-18-57(63)58-41-54(28-29-64(58)67)68-61-19-9-6-16-55(61)56-17-7-10-20-62(56)68/h6-12,14-34,36,38-41H,2-5,13,35,37H2,1H3. The number of para-hydroxylation sites is 3. The Labute approximate surface area is 414 Å². The van der Waals surface area contributed by atoms with Crippen LogP contribution in [0.4, 0.5) is 0 Å². The first-order valence-corrected chi connectivity index (χ1v) is 26.7. The van der Waals surface area contributed by atoms with E-state index in [0.717, 1.165) is 58.3 Å². The first-order chi connectivity index (χ1) is 34.9. The fourth-order valence-corrected chi connectivity index (χ4v) is 13.7. The lowest BCUT2D eigenvalue weighted by molar-refractivity contribution is 0.598. The van der Waals surface area contributed by atoms with Crippen molar-refractivity contribution >= 4 is 64.2 Å². The van der Waals surface area contributed by atoms with E-state index in [1.807, 2.05) is 18.2 Å². The van der Waals surface area contributed by atoms with E-state index in [0.29, 0.717) is 9.79 Å². The number of aryl methyl sites for hydroxylation is 1. The predicted octanol–water partition coefficient (Wildman–Crippen LogP) is 16.8. The summed E-state index contributed by atoms with van der Waals surface area (Å²) in [6.07, 6.45) is 7.71. The van der Waals surface area contributed by atoms with Crippen molar-refractivity contribution in [1.29, 1.82) is 0 Å². The quantitative estimate of drug-likeness (QED) is 0.135. The summed E-state index contributed by atoms with van der Waals surface area (Å²) in [5.74, 6) is 0. The number of aromatic nitrogens is 2. The number of hydrogen-bond donors (Lipinski definition) is 0. The fourth-order valence-electron chi connectivity index (χ4n) is 12.1. The van der Waals surface area contributed by atoms with E-state index in [1.54, 1.807) is 6.07 Å². The third kappa shape index (κ3) is 6.74. The highest BCUT2D eigenvalue weighted by Gasteiger charge is 2.33. The monoisotopic (exact) mass is 934 g/mol. The van der Waals surface area contributed by atoms with Gasteiger partial charge in [0.25, 0.3) is 0 Å². The number of benzene rings is 10. The third-order valence-corrected chi connectivity index (χ3v) is 17.5. The summed E-state index contributed by atoms with van der Waals surface area (Å²) in [5.41, 5.74) is 19.8. The summed E-state index contributed by atoms with van der Waals surface area (Å²) in [6, 6.07) is 72.2. The average molecular weight is 935 g/mol. The summed E-state index contributed by atoms with van der Waals surface area (Å²) in [6.45, 7) is 2.24. The predicted molar refractivity (Wildman–Crippen MR) is 294 cm³/mol. The zero-order valence-corrected chi connectivity index (χ0v) is 40.4. The van der Waals surface area contributed by atoms with Crippen LogP contribution in [0.5, 0.6) is 0 Å². The van der Waals surface area contributed by atoms with Gasteiger partial charge in [0.05, 0.1) is 31.9 Å². The van der Waals surface area contributed by atoms with Crippen LogP contribution >= 0.6 is 0 Å². The first kappa shape index (κ1) is 41.9. The van der Waals surface area contributed by atoms with Crippen molar-refractivity contribution in [3.63, 3.8) is 0 Å². The molecule has 0 saturated carbocycles. The van der Waals surface area contributed by atoms with E-state index in [2.05, 4.69) is 192 Å². The molecule has 0 saturated heterocycles. The molecule has 1 aliphatic heterocycles. The molecule has 10 aromatic carbocycles. The number of rotatable bonds is 9. The number of sulfone groups is 1. The van der Waals surface area contributed by atoms with E-state index in [1.165, 1.54) is 114 Å². The van der Waals surface area contributed by atoms with E-state index in [4.69, 9.17) is 0 Å². The molecule has 3 heterocycles. The van der Waals surface area contributed by atoms with Crippen LogP contribution < -0.4 is 0 Å². The van der Waals surface area contributed by atoms with Gasteiger partial charge in [-0.3, -0.25) is 0 Å². The van der Waals surface area contributed by atoms with E-state index >= 15 is 0 Å². The molecule has 0 bridgehead atoms. The summed E-state index contributed by atoms with van der Waals surface area (Å²) < 4.78 is 32.6. The minimum atomic E-state index is -3.62. The van der Waals surface area contributed by atoms with E-state index in [-0.39, 0.29) is 0 Å². The number of nitrogens with zero attached hydrogens (tertiary/aromatic N) is 2. The Morgan fingerprint density at radius 3 is 1.61 bits per heavy atom. The molecule has 2 aromatic heterocycles. The van der Waals surface area contributed by atoms with Gasteiger partial charge in [0, 0.05) is 44.0 Å². The van der Waals surface area contributed by atoms with Gasteiger partial charge < -0.3 is 9.13 Å². The molecule has 342 valence electrons. The van der Waals surface area contributed by atoms with Crippen molar-refractivity contribution in [2.45, 2.75) is 61.7 Å². The molecule has 2 aliphatic rings. The van der Waals surface area contributed by atoms with Gasteiger partial charge in [-0.25, -0.2) is 8.42 Å². The number of hydrogen-bond acceptors (Lipinski definition) is 2. The molecule has 0 spiro atoms. The zero-order chi connectivity index (χ0) is 47.4. The zero-order valence-electron chi connectivity index (χ0n) is 39.6. The topological polar surface area (TPSA) is 44.0 Å². The van der Waals surface area contributed by atoms with Gasteiger partial charge in [0.1, 0.15) is 0 Å². The highest BCUT2D eigenvalue weighted by Crippen LogP contribution is 2.47. The molecule has 12 aromatic rings. The Balaban J connectivity index is 0.776. The molecule has 0 N–H and O–H groups in total. The van der Waals surface area contributed by atoms with Gasteiger partial charge in [-0.15, -0.1) is 0 Å². The molecule has 14 rings (SSSR count). The Bertz CT molecular complexity index is 4250. The Morgan fingerprint density at radius 2 is 0.930 bits per heavy atom. The molecule has 0 unspecified atom stereocenters. The van der Waals surface area contributed by atoms with Crippen LogP contribution in [0.3, 0.4) is 0 Å². The average Bonchev–Trinajstić information content (AvgIpc) is 4.00. The van der Waals surface area contributed by atoms with Crippen molar-refractivity contribution in [3.8, 4) is 44.8 Å². The largest absolute Gasteiger partial charge is 0.309 e. The van der Waals surface area contributed by atoms with Crippen LogP contribution in [0.15, 0.2) is 210 Å². The van der Waals surface area contributed by atoms with Crippen LogP contribution in [-0.4, -0.2) is 17.6 Å². The minimum Gasteiger partial charge on any atom is -0.309 e. The maximum absolute atomic E-state index is 13.9. The van der Waals surface area contributed by atoms with Gasteiger partial charge in [-0.1, -0.05) is 148 Å². The van der Waals surface area contributed by atoms with Crippen LogP contribution in [0, 0.1) is 0 Å². The van der Waals surface area contributed by atoms with Crippen molar-refractivity contribution in [1.82, 2.24) is 9.13 Å². The molecule has 0 fully saturated rings. The fraction of sp³-hybridized carbons (Fsp3) is 0.121. The number of fused-ring (bicyclic) bond motifs is 12. The Morgan fingerprint density at radius 1 is 0.394 bits per heavy atom. The van der Waals surface area contributed by atoms with Crippen LogP contribution in [-0.2, 0) is 29.1 Å². The van der Waals surface area contributed by atoms with Gasteiger partial charge in [0.2, 0.25) is 9.84 Å². The molecule has 0 atom stereocenters. The highest BCUT2D eigenvalue weighted by atomic mass is 32.2. The van der Waals surface area contributed by atoms with E-state index in [9.17, 15) is 8.42 Å². The maximum Gasteiger partial charge on any atom is 0.207 e. The van der Waals surface area contributed by atoms with Gasteiger partial charge >= 0.3 is 0 Å². The molecule has 0 amide bonds. The van der Waals surface area contributed by atoms with Crippen molar-refractivity contribution in [2.24, 2.45) is 0 Å². The molecular weight excluding hydrogens is 885 g/mol. The molecule has 4 nitrogen and oxygen atoms in total. The lowest BCUT2D eigenvalue weighted by atomic mass is 9.84. The second-order valence-electron chi connectivity index (χ2n) is 19.8. The Hall–Kier alpha value is -7.99. The first-order valence-electron chi connectivity index (χ1n) is 25.2. The lowest BCUT2D eigenvalue weighted by Gasteiger charge is -2.22. The van der Waals surface area contributed by atoms with Gasteiger partial charge in [-0.2, -0.15) is 0 Å². The molecular formula is C66H50N2O2S. The summed E-state index contributed by atoms with van der Waals surface area (Å²) in [7, 11) is -3.62. The van der Waals surface area contributed by atoms with Gasteiger partial charge in [0.15, 0.2) is 0 Å². The van der Waals surface area contributed by atoms with E-state index < -0.39 is 9.84 Å². The van der Waals surface area contributed by atoms with Crippen LogP contribution in [0.25, 0.3) is 99.1 Å². The molecule has 1 aliphatic carbocycles. The molecule has 71 heavy (non-hydrogen) atoms. The smallest absolute Gasteiger partial charge is 0.207 e. The van der Waals surface area contributed by atoms with Crippen molar-refractivity contribution in [2.75, 3.05) is 0 Å². The third-order valence-electron chi connectivity index (χ3n) is 15.6. The minimum absolute atomic E-state index is 0.387. The Kier molecular flexibility index (Phi) is 9.63. The summed E-state index contributed by atoms with van der Waals surface area (Å²) in [5, 5.41) is 7.41. The SMILES string of the molecule is CCCCCCc1cccc(-c2ccc3c(c2)-c2cc(-c4ccc5cc6c(cc5c4)Cc4ccc(-n5c7ccccc7c7cc(-n8c9ccccc9c9ccccc98)ccc75)cc4C6)ccc2S3(=O)=O)c1. The summed E-state index contributed by atoms with van der Waals surface area (Å²) >= 11 is 0. The molecule has 0 radical (unpaired) electrons. The second-order valence-corrected chi connectivity index (χ2v) is 21.7. The summed E-state index contributed by atoms with van der Waals surface area (Å²) in [4.78, 5) is 0.777. The van der Waals surface area contributed by atoms with Crippen molar-refractivity contribution in [3.05, 3.63) is 228 Å². The van der Waals surface area contributed by atoms with Gasteiger partial charge in [-0.05, 0) is 165 Å². The van der Waals surface area contributed by atoms with Crippen molar-refractivity contribution < 1.29 is 8.42 Å². The maximum atomic E-state index is 13.9. The van der Waals surface area contributed by atoms with Crippen LogP contribution in [0.1, 0.15) is 60.4 Å². The second kappa shape index (κ2) is 16.3. The normalized spacial score (nSPS) is 13.5. The lowest BCUT2D eigenvalue weighted by Crippen LogP contribution is -2.08.